The lowest BCUT2D eigenvalue weighted by Gasteiger charge is -2.13. The van der Waals surface area contributed by atoms with Crippen LogP contribution in [0.3, 0.4) is 0 Å². The van der Waals surface area contributed by atoms with Gasteiger partial charge in [0.1, 0.15) is 23.2 Å². The number of hydrogen-bond acceptors (Lipinski definition) is 6. The lowest BCUT2D eigenvalue weighted by molar-refractivity contribution is -0.137. The van der Waals surface area contributed by atoms with Crippen molar-refractivity contribution >= 4 is 46.7 Å². The van der Waals surface area contributed by atoms with Gasteiger partial charge in [-0.25, -0.2) is 4.79 Å². The SMILES string of the molecule is O=C1CCC(C(=O)NNC(=O)c2cc(Oc3ccc(NC(=O)Nc4ccc(Cl)c(C(F)(F)F)c4)cc3)ccn2)N1. The molecule has 3 aromatic rings. The number of urea groups is 1. The van der Waals surface area contributed by atoms with E-state index in [1.165, 1.54) is 48.7 Å². The average Bonchev–Trinajstić information content (AvgIpc) is 3.35. The molecule has 11 nitrogen and oxygen atoms in total. The van der Waals surface area contributed by atoms with E-state index in [1.807, 2.05) is 0 Å². The molecule has 0 spiro atoms. The van der Waals surface area contributed by atoms with E-state index in [4.69, 9.17) is 16.3 Å². The highest BCUT2D eigenvalue weighted by atomic mass is 35.5. The van der Waals surface area contributed by atoms with Gasteiger partial charge in [-0.15, -0.1) is 0 Å². The molecule has 5 N–H and O–H groups in total. The Balaban J connectivity index is 1.30. The Morgan fingerprint density at radius 1 is 0.950 bits per heavy atom. The molecule has 1 fully saturated rings. The Morgan fingerprint density at radius 2 is 1.65 bits per heavy atom. The van der Waals surface area contributed by atoms with Gasteiger partial charge < -0.3 is 20.7 Å². The zero-order chi connectivity index (χ0) is 28.9. The number of alkyl halides is 3. The Bertz CT molecular complexity index is 1450. The first kappa shape index (κ1) is 28.2. The molecule has 4 rings (SSSR count). The number of aromatic nitrogens is 1. The standard InChI is InChI=1S/C25H20ClF3N6O5/c26-18-6-3-14(11-17(18)25(27,28)29)32-24(39)31-13-1-4-15(5-2-13)40-16-9-10-30-20(12-16)23(38)35-34-22(37)19-7-8-21(36)33-19/h1-6,9-12,19H,7-8H2,(H,33,36)(H,34,37)(H,35,38)(H2,31,32,39). The van der Waals surface area contributed by atoms with Crippen LogP contribution in [0.15, 0.2) is 60.8 Å². The molecule has 0 radical (unpaired) electrons. The van der Waals surface area contributed by atoms with Gasteiger partial charge >= 0.3 is 12.2 Å². The third-order valence-corrected chi connectivity index (χ3v) is 5.78. The van der Waals surface area contributed by atoms with Gasteiger partial charge in [-0.2, -0.15) is 13.2 Å². The Morgan fingerprint density at radius 3 is 2.33 bits per heavy atom. The zero-order valence-electron chi connectivity index (χ0n) is 20.3. The maximum atomic E-state index is 13.0. The largest absolute Gasteiger partial charge is 0.457 e. The first-order valence-corrected chi connectivity index (χ1v) is 11.9. The van der Waals surface area contributed by atoms with E-state index in [2.05, 4.69) is 31.8 Å². The van der Waals surface area contributed by atoms with Gasteiger partial charge in [0, 0.05) is 30.1 Å². The predicted molar refractivity (Wildman–Crippen MR) is 137 cm³/mol. The molecule has 1 saturated heterocycles. The van der Waals surface area contributed by atoms with Gasteiger partial charge in [-0.1, -0.05) is 11.6 Å². The van der Waals surface area contributed by atoms with Crippen LogP contribution in [0.2, 0.25) is 5.02 Å². The summed E-state index contributed by atoms with van der Waals surface area (Å²) in [6.07, 6.45) is -2.80. The first-order chi connectivity index (χ1) is 19.0. The minimum atomic E-state index is -4.67. The number of ether oxygens (including phenoxy) is 1. The van der Waals surface area contributed by atoms with E-state index in [0.717, 1.165) is 12.1 Å². The van der Waals surface area contributed by atoms with Crippen molar-refractivity contribution in [3.8, 4) is 11.5 Å². The number of amides is 5. The van der Waals surface area contributed by atoms with E-state index >= 15 is 0 Å². The number of halogens is 4. The Labute approximate surface area is 229 Å². The second-order valence-corrected chi connectivity index (χ2v) is 8.78. The minimum Gasteiger partial charge on any atom is -0.457 e. The summed E-state index contributed by atoms with van der Waals surface area (Å²) in [7, 11) is 0. The lowest BCUT2D eigenvalue weighted by atomic mass is 10.2. The Hall–Kier alpha value is -4.85. The molecule has 1 aliphatic rings. The van der Waals surface area contributed by atoms with Gasteiger partial charge in [-0.05, 0) is 55.0 Å². The smallest absolute Gasteiger partial charge is 0.417 e. The van der Waals surface area contributed by atoms with Crippen LogP contribution in [0.4, 0.5) is 29.3 Å². The quantitative estimate of drug-likeness (QED) is 0.277. The normalized spacial score (nSPS) is 14.6. The maximum absolute atomic E-state index is 13.0. The molecule has 2 heterocycles. The van der Waals surface area contributed by atoms with Gasteiger partial charge in [0.25, 0.3) is 11.8 Å². The highest BCUT2D eigenvalue weighted by Gasteiger charge is 2.33. The van der Waals surface area contributed by atoms with Crippen molar-refractivity contribution in [2.24, 2.45) is 0 Å². The van der Waals surface area contributed by atoms with Crippen molar-refractivity contribution in [3.05, 3.63) is 77.1 Å². The molecular formula is C25H20ClF3N6O5. The van der Waals surface area contributed by atoms with Crippen molar-refractivity contribution in [1.29, 1.82) is 0 Å². The molecule has 5 amide bonds. The average molecular weight is 577 g/mol. The molecule has 1 atom stereocenters. The van der Waals surface area contributed by atoms with Gasteiger partial charge in [0.2, 0.25) is 5.91 Å². The van der Waals surface area contributed by atoms with Crippen molar-refractivity contribution in [2.45, 2.75) is 25.1 Å². The fourth-order valence-corrected chi connectivity index (χ4v) is 3.76. The van der Waals surface area contributed by atoms with Crippen LogP contribution in [-0.4, -0.2) is 34.8 Å². The number of carbonyl (C=O) groups excluding carboxylic acids is 4. The number of benzene rings is 2. The number of anilines is 2. The molecule has 1 unspecified atom stereocenters. The molecule has 0 bridgehead atoms. The van der Waals surface area contributed by atoms with Crippen molar-refractivity contribution in [1.82, 2.24) is 21.2 Å². The van der Waals surface area contributed by atoms with Gasteiger partial charge in [0.05, 0.1) is 10.6 Å². The summed E-state index contributed by atoms with van der Waals surface area (Å²) < 4.78 is 44.8. The minimum absolute atomic E-state index is 0.0564. The van der Waals surface area contributed by atoms with Crippen LogP contribution in [0.1, 0.15) is 28.9 Å². The Kier molecular flexibility index (Phi) is 8.38. The molecule has 208 valence electrons. The van der Waals surface area contributed by atoms with Crippen LogP contribution >= 0.6 is 11.6 Å². The summed E-state index contributed by atoms with van der Waals surface area (Å²) in [6.45, 7) is 0. The van der Waals surface area contributed by atoms with Crippen LogP contribution in [0.5, 0.6) is 11.5 Å². The second kappa shape index (κ2) is 11.9. The van der Waals surface area contributed by atoms with E-state index in [1.54, 1.807) is 0 Å². The van der Waals surface area contributed by atoms with Gasteiger partial charge in [0.15, 0.2) is 0 Å². The number of hydrogen-bond donors (Lipinski definition) is 5. The van der Waals surface area contributed by atoms with Crippen LogP contribution < -0.4 is 31.5 Å². The van der Waals surface area contributed by atoms with Crippen LogP contribution in [-0.2, 0) is 15.8 Å². The number of nitrogens with one attached hydrogen (secondary N) is 5. The molecule has 15 heteroatoms. The summed E-state index contributed by atoms with van der Waals surface area (Å²) in [4.78, 5) is 51.8. The van der Waals surface area contributed by atoms with Crippen molar-refractivity contribution in [3.63, 3.8) is 0 Å². The van der Waals surface area contributed by atoms with E-state index in [9.17, 15) is 32.3 Å². The monoisotopic (exact) mass is 576 g/mol. The third kappa shape index (κ3) is 7.38. The molecule has 2 aromatic carbocycles. The first-order valence-electron chi connectivity index (χ1n) is 11.6. The summed E-state index contributed by atoms with van der Waals surface area (Å²) in [5, 5.41) is 6.78. The highest BCUT2D eigenvalue weighted by molar-refractivity contribution is 6.31. The number of rotatable bonds is 6. The molecular weight excluding hydrogens is 557 g/mol. The second-order valence-electron chi connectivity index (χ2n) is 8.38. The van der Waals surface area contributed by atoms with Crippen molar-refractivity contribution < 1.29 is 37.1 Å². The van der Waals surface area contributed by atoms with E-state index in [0.29, 0.717) is 17.9 Å². The topological polar surface area (TPSA) is 151 Å². The number of carbonyl (C=O) groups is 4. The van der Waals surface area contributed by atoms with E-state index in [-0.39, 0.29) is 29.5 Å². The maximum Gasteiger partial charge on any atom is 0.417 e. The predicted octanol–water partition coefficient (Wildman–Crippen LogP) is 4.23. The molecule has 0 saturated carbocycles. The van der Waals surface area contributed by atoms with Gasteiger partial charge in [-0.3, -0.25) is 30.2 Å². The van der Waals surface area contributed by atoms with Crippen LogP contribution in [0.25, 0.3) is 0 Å². The van der Waals surface area contributed by atoms with Crippen molar-refractivity contribution in [2.75, 3.05) is 10.6 Å². The summed E-state index contributed by atoms with van der Waals surface area (Å²) >= 11 is 5.59. The molecule has 0 aliphatic carbocycles. The lowest BCUT2D eigenvalue weighted by Crippen LogP contribution is -2.49. The molecule has 40 heavy (non-hydrogen) atoms. The number of hydrazine groups is 1. The highest BCUT2D eigenvalue weighted by Crippen LogP contribution is 2.36. The van der Waals surface area contributed by atoms with Crippen LogP contribution in [0, 0.1) is 0 Å². The fourth-order valence-electron chi connectivity index (χ4n) is 3.54. The summed E-state index contributed by atoms with van der Waals surface area (Å²) in [6, 6.07) is 10.3. The summed E-state index contributed by atoms with van der Waals surface area (Å²) in [5.74, 6) is -0.937. The fraction of sp³-hybridized carbons (Fsp3) is 0.160. The third-order valence-electron chi connectivity index (χ3n) is 5.45. The zero-order valence-corrected chi connectivity index (χ0v) is 21.0. The number of pyridine rings is 1. The molecule has 1 aliphatic heterocycles. The number of nitrogens with zero attached hydrogens (tertiary/aromatic N) is 1. The van der Waals surface area contributed by atoms with E-state index < -0.39 is 40.6 Å². The summed E-state index contributed by atoms with van der Waals surface area (Å²) in [5.41, 5.74) is 3.54. The molecule has 1 aromatic heterocycles.